The van der Waals surface area contributed by atoms with Crippen molar-refractivity contribution in [3.8, 4) is 0 Å². The van der Waals surface area contributed by atoms with E-state index in [1.165, 1.54) is 12.8 Å². The van der Waals surface area contributed by atoms with Gasteiger partial charge in [-0.15, -0.1) is 0 Å². The molecule has 0 bridgehead atoms. The van der Waals surface area contributed by atoms with E-state index in [0.717, 1.165) is 0 Å². The number of nitrogens with one attached hydrogen (secondary N) is 1. The monoisotopic (exact) mass is 165 g/mol. The summed E-state index contributed by atoms with van der Waals surface area (Å²) >= 11 is 0. The van der Waals surface area contributed by atoms with Crippen molar-refractivity contribution in [2.75, 3.05) is 0 Å². The second-order valence-corrected chi connectivity index (χ2v) is 2.92. The fourth-order valence-electron chi connectivity index (χ4n) is 0.961. The van der Waals surface area contributed by atoms with Crippen LogP contribution in [0.5, 0.6) is 0 Å². The zero-order valence-corrected chi connectivity index (χ0v) is 9.09. The summed E-state index contributed by atoms with van der Waals surface area (Å²) in [5.41, 5.74) is 0. The Kier molecular flexibility index (Phi) is 5.34. The van der Waals surface area contributed by atoms with Gasteiger partial charge in [-0.2, -0.15) is 0 Å². The third-order valence-corrected chi connectivity index (χ3v) is 1.57. The Morgan fingerprint density at radius 1 is 1.73 bits per heavy atom. The van der Waals surface area contributed by atoms with E-state index < -0.39 is 5.97 Å². The number of carbonyl (C=O) groups excluding carboxylic acids is 1. The minimum Gasteiger partial charge on any atom is -0.550 e. The first-order valence-corrected chi connectivity index (χ1v) is 3.64. The summed E-state index contributed by atoms with van der Waals surface area (Å²) in [5, 5.41) is 13.2. The van der Waals surface area contributed by atoms with E-state index in [1.807, 2.05) is 6.92 Å². The van der Waals surface area contributed by atoms with Crippen molar-refractivity contribution in [3.63, 3.8) is 0 Å². The Hall–Kier alpha value is 0.430. The van der Waals surface area contributed by atoms with Crippen LogP contribution in [0.25, 0.3) is 0 Å². The van der Waals surface area contributed by atoms with Crippen LogP contribution in [0.4, 0.5) is 0 Å². The molecule has 3 nitrogen and oxygen atoms in total. The molecule has 1 rings (SSSR count). The molecule has 0 aliphatic heterocycles. The van der Waals surface area contributed by atoms with Crippen LogP contribution in [0.1, 0.15) is 26.2 Å². The van der Waals surface area contributed by atoms with Crippen LogP contribution in [0, 0.1) is 0 Å². The van der Waals surface area contributed by atoms with Gasteiger partial charge >= 0.3 is 29.6 Å². The Labute approximate surface area is 88.8 Å². The van der Waals surface area contributed by atoms with Crippen LogP contribution in [0.2, 0.25) is 0 Å². The molecule has 0 spiro atoms. The number of carbonyl (C=O) groups is 1. The molecule has 0 aromatic rings. The zero-order chi connectivity index (χ0) is 7.56. The number of carboxylic acid groups (broad SMARTS) is 1. The number of aliphatic carboxylic acids is 1. The molecule has 0 amide bonds. The number of hydrogen-bond donors (Lipinski definition) is 1. The van der Waals surface area contributed by atoms with Gasteiger partial charge in [0.1, 0.15) is 0 Å². The molecule has 0 radical (unpaired) electrons. The van der Waals surface area contributed by atoms with Gasteiger partial charge in [-0.05, 0) is 19.8 Å². The fraction of sp³-hybridized carbons (Fsp3) is 0.857. The molecule has 4 heteroatoms. The topological polar surface area (TPSA) is 52.2 Å². The standard InChI is InChI=1S/C7H13NO2.Na/c1-5(4-7(9)10)8-6-2-3-6;/h5-6,8H,2-4H2,1H3,(H,9,10);/q;+1/p-1. The molecule has 0 heterocycles. The summed E-state index contributed by atoms with van der Waals surface area (Å²) in [4.78, 5) is 10.1. The summed E-state index contributed by atoms with van der Waals surface area (Å²) in [6.45, 7) is 1.87. The van der Waals surface area contributed by atoms with Crippen molar-refractivity contribution in [2.24, 2.45) is 0 Å². The molecular weight excluding hydrogens is 153 g/mol. The molecule has 1 N–H and O–H groups in total. The molecule has 0 aromatic heterocycles. The van der Waals surface area contributed by atoms with E-state index in [9.17, 15) is 9.90 Å². The summed E-state index contributed by atoms with van der Waals surface area (Å²) in [6.07, 6.45) is 2.51. The zero-order valence-electron chi connectivity index (χ0n) is 7.09. The van der Waals surface area contributed by atoms with Crippen molar-refractivity contribution in [3.05, 3.63) is 0 Å². The quantitative estimate of drug-likeness (QED) is 0.436. The molecular formula is C7H12NNaO2. The smallest absolute Gasteiger partial charge is 0.550 e. The van der Waals surface area contributed by atoms with E-state index >= 15 is 0 Å². The van der Waals surface area contributed by atoms with Gasteiger partial charge in [-0.1, -0.05) is 0 Å². The maximum atomic E-state index is 10.1. The van der Waals surface area contributed by atoms with Crippen molar-refractivity contribution in [2.45, 2.75) is 38.3 Å². The molecule has 1 fully saturated rings. The van der Waals surface area contributed by atoms with Crippen molar-refractivity contribution >= 4 is 5.97 Å². The Morgan fingerprint density at radius 3 is 2.64 bits per heavy atom. The SMILES string of the molecule is CC(CC(=O)[O-])NC1CC1.[Na+]. The molecule has 58 valence electrons. The van der Waals surface area contributed by atoms with E-state index in [4.69, 9.17) is 0 Å². The van der Waals surface area contributed by atoms with Crippen molar-refractivity contribution < 1.29 is 39.5 Å². The van der Waals surface area contributed by atoms with Crippen LogP contribution in [-0.4, -0.2) is 18.1 Å². The summed E-state index contributed by atoms with van der Waals surface area (Å²) in [7, 11) is 0. The molecule has 1 aliphatic carbocycles. The second kappa shape index (κ2) is 5.14. The molecule has 11 heavy (non-hydrogen) atoms. The minimum absolute atomic E-state index is 0. The maximum absolute atomic E-state index is 10.1. The predicted octanol–water partition coefficient (Wildman–Crippen LogP) is -3.73. The third-order valence-electron chi connectivity index (χ3n) is 1.57. The first-order valence-electron chi connectivity index (χ1n) is 3.64. The van der Waals surface area contributed by atoms with Crippen LogP contribution >= 0.6 is 0 Å². The Morgan fingerprint density at radius 2 is 2.27 bits per heavy atom. The largest absolute Gasteiger partial charge is 1.00 e. The van der Waals surface area contributed by atoms with E-state index in [1.54, 1.807) is 0 Å². The van der Waals surface area contributed by atoms with Crippen LogP contribution in [0.3, 0.4) is 0 Å². The molecule has 1 unspecified atom stereocenters. The molecule has 0 saturated heterocycles. The number of hydrogen-bond acceptors (Lipinski definition) is 3. The van der Waals surface area contributed by atoms with Crippen LogP contribution < -0.4 is 40.0 Å². The van der Waals surface area contributed by atoms with E-state index in [2.05, 4.69) is 5.32 Å². The normalized spacial score (nSPS) is 18.6. The van der Waals surface area contributed by atoms with Gasteiger partial charge in [0.25, 0.3) is 0 Å². The van der Waals surface area contributed by atoms with Crippen LogP contribution in [-0.2, 0) is 4.79 Å². The van der Waals surface area contributed by atoms with Crippen LogP contribution in [0.15, 0.2) is 0 Å². The van der Waals surface area contributed by atoms with Gasteiger partial charge in [-0.25, -0.2) is 0 Å². The maximum Gasteiger partial charge on any atom is 1.00 e. The van der Waals surface area contributed by atoms with Gasteiger partial charge < -0.3 is 15.2 Å². The average molecular weight is 165 g/mol. The third kappa shape index (κ3) is 5.67. The number of carboxylic acids is 1. The average Bonchev–Trinajstić information content (AvgIpc) is 2.46. The summed E-state index contributed by atoms with van der Waals surface area (Å²) < 4.78 is 0. The predicted molar refractivity (Wildman–Crippen MR) is 35.2 cm³/mol. The van der Waals surface area contributed by atoms with Crippen molar-refractivity contribution in [1.29, 1.82) is 0 Å². The second-order valence-electron chi connectivity index (χ2n) is 2.92. The first-order chi connectivity index (χ1) is 4.68. The van der Waals surface area contributed by atoms with Gasteiger partial charge in [0.2, 0.25) is 0 Å². The van der Waals surface area contributed by atoms with Gasteiger partial charge in [0, 0.05) is 24.5 Å². The Bertz CT molecular complexity index is 136. The van der Waals surface area contributed by atoms with E-state index in [-0.39, 0.29) is 42.0 Å². The summed E-state index contributed by atoms with van der Waals surface area (Å²) in [6, 6.07) is 0.645. The molecule has 1 atom stereocenters. The summed E-state index contributed by atoms with van der Waals surface area (Å²) in [5.74, 6) is -0.972. The molecule has 1 aliphatic rings. The first kappa shape index (κ1) is 11.4. The number of rotatable bonds is 4. The molecule has 0 aromatic carbocycles. The molecule has 1 saturated carbocycles. The Balaban J connectivity index is 0.000001000. The van der Waals surface area contributed by atoms with Gasteiger partial charge in [0.15, 0.2) is 0 Å². The van der Waals surface area contributed by atoms with Crippen molar-refractivity contribution in [1.82, 2.24) is 5.32 Å². The minimum atomic E-state index is -0.972. The van der Waals surface area contributed by atoms with Gasteiger partial charge in [-0.3, -0.25) is 0 Å². The van der Waals surface area contributed by atoms with Gasteiger partial charge in [0.05, 0.1) is 0 Å². The van der Waals surface area contributed by atoms with E-state index in [0.29, 0.717) is 6.04 Å². The fourth-order valence-corrected chi connectivity index (χ4v) is 0.961.